The molecule has 0 saturated carbocycles. The molecule has 1 aromatic heterocycles. The third kappa shape index (κ3) is 4.45. The molecule has 0 saturated heterocycles. The van der Waals surface area contributed by atoms with Crippen molar-refractivity contribution in [1.29, 1.82) is 0 Å². The van der Waals surface area contributed by atoms with E-state index in [0.29, 0.717) is 35.3 Å². The number of nitrogens with one attached hydrogen (secondary N) is 2. The molecule has 0 radical (unpaired) electrons. The number of hydrogen-bond donors (Lipinski definition) is 2. The van der Waals surface area contributed by atoms with Crippen LogP contribution in [0.15, 0.2) is 22.0 Å². The predicted octanol–water partition coefficient (Wildman–Crippen LogP) is 2.37. The van der Waals surface area contributed by atoms with Gasteiger partial charge in [-0.15, -0.1) is 10.2 Å². The number of H-pyrrole nitrogens is 1. The van der Waals surface area contributed by atoms with Crippen molar-refractivity contribution in [1.82, 2.24) is 15.2 Å². The number of anilines is 1. The molecule has 0 bridgehead atoms. The van der Waals surface area contributed by atoms with Crippen molar-refractivity contribution >= 4 is 23.8 Å². The van der Waals surface area contributed by atoms with E-state index in [9.17, 15) is 4.79 Å². The minimum atomic E-state index is -0.328. The summed E-state index contributed by atoms with van der Waals surface area (Å²) in [4.78, 5) is 13.9. The lowest BCUT2D eigenvalue weighted by molar-refractivity contribution is 0.288. The van der Waals surface area contributed by atoms with Crippen LogP contribution in [0.2, 0.25) is 5.02 Å². The van der Waals surface area contributed by atoms with Gasteiger partial charge in [0.15, 0.2) is 11.5 Å². The molecule has 2 N–H and O–H groups in total. The number of ether oxygens (including phenoxy) is 2. The summed E-state index contributed by atoms with van der Waals surface area (Å²) in [5, 5.41) is 11.9. The van der Waals surface area contributed by atoms with Gasteiger partial charge in [0.05, 0.1) is 24.5 Å². The number of halogens is 1. The maximum absolute atomic E-state index is 11.4. The van der Waals surface area contributed by atoms with Gasteiger partial charge in [-0.1, -0.05) is 11.6 Å². The minimum Gasteiger partial charge on any atom is -0.490 e. The zero-order chi connectivity index (χ0) is 17.5. The highest BCUT2D eigenvalue weighted by atomic mass is 35.5. The SMILES string of the molecule is CCOc1cc(/C=N/Nc2nnc(C)c(=O)[nH]2)cc(Cl)c1OCC. The first-order valence-electron chi connectivity index (χ1n) is 7.37. The van der Waals surface area contributed by atoms with Gasteiger partial charge in [-0.3, -0.25) is 9.78 Å². The standard InChI is InChI=1S/C15H18ClN5O3/c1-4-23-12-7-10(6-11(16)13(12)24-5-2)8-17-20-15-18-14(22)9(3)19-21-15/h6-8H,4-5H2,1-3H3,(H2,18,20,21,22)/b17-8+. The highest BCUT2D eigenvalue weighted by Gasteiger charge is 2.11. The first kappa shape index (κ1) is 17.7. The van der Waals surface area contributed by atoms with Crippen LogP contribution in [0.4, 0.5) is 5.95 Å². The largest absolute Gasteiger partial charge is 0.490 e. The van der Waals surface area contributed by atoms with Crippen molar-refractivity contribution in [3.63, 3.8) is 0 Å². The molecule has 0 unspecified atom stereocenters. The second-order valence-corrected chi connectivity index (χ2v) is 5.06. The Morgan fingerprint density at radius 3 is 2.71 bits per heavy atom. The number of hydrazone groups is 1. The van der Waals surface area contributed by atoms with Gasteiger partial charge in [0.1, 0.15) is 5.69 Å². The maximum Gasteiger partial charge on any atom is 0.274 e. The fourth-order valence-corrected chi connectivity index (χ4v) is 2.10. The van der Waals surface area contributed by atoms with Crippen LogP contribution in [0.5, 0.6) is 11.5 Å². The zero-order valence-corrected chi connectivity index (χ0v) is 14.3. The van der Waals surface area contributed by atoms with Gasteiger partial charge in [0, 0.05) is 0 Å². The van der Waals surface area contributed by atoms with E-state index in [1.165, 1.54) is 6.21 Å². The molecule has 0 aliphatic heterocycles. The van der Waals surface area contributed by atoms with Crippen LogP contribution in [-0.4, -0.2) is 34.6 Å². The monoisotopic (exact) mass is 351 g/mol. The zero-order valence-electron chi connectivity index (χ0n) is 13.6. The molecule has 2 aromatic rings. The van der Waals surface area contributed by atoms with E-state index in [0.717, 1.165) is 0 Å². The number of aromatic amines is 1. The molecule has 0 aliphatic carbocycles. The average molecular weight is 352 g/mol. The Labute approximate surface area is 143 Å². The lowest BCUT2D eigenvalue weighted by Crippen LogP contribution is -2.15. The lowest BCUT2D eigenvalue weighted by Gasteiger charge is -2.13. The molecular weight excluding hydrogens is 334 g/mol. The van der Waals surface area contributed by atoms with Gasteiger partial charge in [-0.05, 0) is 38.5 Å². The first-order chi connectivity index (χ1) is 11.5. The Bertz CT molecular complexity index is 791. The normalized spacial score (nSPS) is 10.8. The summed E-state index contributed by atoms with van der Waals surface area (Å²) in [6.07, 6.45) is 1.52. The van der Waals surface area contributed by atoms with Gasteiger partial charge < -0.3 is 9.47 Å². The van der Waals surface area contributed by atoms with E-state index in [4.69, 9.17) is 21.1 Å². The van der Waals surface area contributed by atoms with Crippen LogP contribution in [-0.2, 0) is 0 Å². The number of aromatic nitrogens is 3. The van der Waals surface area contributed by atoms with E-state index in [1.54, 1.807) is 19.1 Å². The van der Waals surface area contributed by atoms with Crippen molar-refractivity contribution in [2.45, 2.75) is 20.8 Å². The second-order valence-electron chi connectivity index (χ2n) is 4.65. The summed E-state index contributed by atoms with van der Waals surface area (Å²) in [6.45, 7) is 6.27. The van der Waals surface area contributed by atoms with Gasteiger partial charge >= 0.3 is 0 Å². The summed E-state index contributed by atoms with van der Waals surface area (Å²) in [5.41, 5.74) is 3.25. The van der Waals surface area contributed by atoms with Crippen molar-refractivity contribution in [3.8, 4) is 11.5 Å². The lowest BCUT2D eigenvalue weighted by atomic mass is 10.2. The number of rotatable bonds is 7. The number of benzene rings is 1. The molecule has 0 fully saturated rings. The van der Waals surface area contributed by atoms with Crippen LogP contribution >= 0.6 is 11.6 Å². The minimum absolute atomic E-state index is 0.143. The summed E-state index contributed by atoms with van der Waals surface area (Å²) >= 11 is 6.23. The smallest absolute Gasteiger partial charge is 0.274 e. The first-order valence-corrected chi connectivity index (χ1v) is 7.74. The quantitative estimate of drug-likeness (QED) is 0.586. The third-order valence-corrected chi connectivity index (χ3v) is 3.15. The third-order valence-electron chi connectivity index (χ3n) is 2.86. The van der Waals surface area contributed by atoms with Gasteiger partial charge in [-0.2, -0.15) is 5.10 Å². The molecule has 2 rings (SSSR count). The Hall–Kier alpha value is -2.61. The second kappa shape index (κ2) is 8.30. The number of aryl methyl sites for hydroxylation is 1. The number of hydrogen-bond acceptors (Lipinski definition) is 7. The van der Waals surface area contributed by atoms with E-state index in [-0.39, 0.29) is 17.2 Å². The highest BCUT2D eigenvalue weighted by Crippen LogP contribution is 2.36. The topological polar surface area (TPSA) is 101 Å². The van der Waals surface area contributed by atoms with E-state index < -0.39 is 0 Å². The van der Waals surface area contributed by atoms with Crippen molar-refractivity contribution in [2.75, 3.05) is 18.6 Å². The highest BCUT2D eigenvalue weighted by molar-refractivity contribution is 6.32. The van der Waals surface area contributed by atoms with Crippen LogP contribution < -0.4 is 20.5 Å². The molecular formula is C15H18ClN5O3. The average Bonchev–Trinajstić information content (AvgIpc) is 2.54. The van der Waals surface area contributed by atoms with E-state index >= 15 is 0 Å². The van der Waals surface area contributed by atoms with Crippen molar-refractivity contribution in [3.05, 3.63) is 38.8 Å². The van der Waals surface area contributed by atoms with E-state index in [2.05, 4.69) is 25.7 Å². The molecule has 128 valence electrons. The molecule has 0 atom stereocenters. The molecule has 24 heavy (non-hydrogen) atoms. The van der Waals surface area contributed by atoms with Crippen molar-refractivity contribution in [2.24, 2.45) is 5.10 Å². The predicted molar refractivity (Wildman–Crippen MR) is 92.4 cm³/mol. The van der Waals surface area contributed by atoms with Gasteiger partial charge in [0.25, 0.3) is 5.56 Å². The summed E-state index contributed by atoms with van der Waals surface area (Å²) in [5.74, 6) is 1.18. The summed E-state index contributed by atoms with van der Waals surface area (Å²) < 4.78 is 11.0. The van der Waals surface area contributed by atoms with Crippen LogP contribution in [0.3, 0.4) is 0 Å². The van der Waals surface area contributed by atoms with Gasteiger partial charge in [-0.25, -0.2) is 5.43 Å². The van der Waals surface area contributed by atoms with Crippen LogP contribution in [0.1, 0.15) is 25.1 Å². The molecule has 8 nitrogen and oxygen atoms in total. The Balaban J connectivity index is 2.19. The molecule has 9 heteroatoms. The fraction of sp³-hybridized carbons (Fsp3) is 0.333. The molecule has 0 amide bonds. The van der Waals surface area contributed by atoms with Gasteiger partial charge in [0.2, 0.25) is 5.95 Å². The Morgan fingerprint density at radius 1 is 1.29 bits per heavy atom. The summed E-state index contributed by atoms with van der Waals surface area (Å²) in [6, 6.07) is 3.46. The Morgan fingerprint density at radius 2 is 2.04 bits per heavy atom. The summed E-state index contributed by atoms with van der Waals surface area (Å²) in [7, 11) is 0. The van der Waals surface area contributed by atoms with E-state index in [1.807, 2.05) is 13.8 Å². The molecule has 1 heterocycles. The van der Waals surface area contributed by atoms with Crippen LogP contribution in [0, 0.1) is 6.92 Å². The molecule has 0 spiro atoms. The molecule has 0 aliphatic rings. The Kier molecular flexibility index (Phi) is 6.14. The fourth-order valence-electron chi connectivity index (χ4n) is 1.82. The number of nitrogens with zero attached hydrogens (tertiary/aromatic N) is 3. The molecule has 1 aromatic carbocycles. The maximum atomic E-state index is 11.4. The van der Waals surface area contributed by atoms with Crippen molar-refractivity contribution < 1.29 is 9.47 Å². The van der Waals surface area contributed by atoms with Crippen LogP contribution in [0.25, 0.3) is 0 Å².